The van der Waals surface area contributed by atoms with Gasteiger partial charge in [0, 0.05) is 46.6 Å². The molecular formula is C18H40NO3Si+. The molecule has 1 aliphatic heterocycles. The topological polar surface area (TPSA) is 27.7 Å². The van der Waals surface area contributed by atoms with E-state index in [-0.39, 0.29) is 0 Å². The highest BCUT2D eigenvalue weighted by Crippen LogP contribution is 2.24. The third kappa shape index (κ3) is 7.22. The Morgan fingerprint density at radius 1 is 0.739 bits per heavy atom. The van der Waals surface area contributed by atoms with E-state index in [1.54, 1.807) is 21.3 Å². The van der Waals surface area contributed by atoms with Gasteiger partial charge in [0.15, 0.2) is 0 Å². The second kappa shape index (κ2) is 11.6. The first kappa shape index (κ1) is 21.1. The van der Waals surface area contributed by atoms with Gasteiger partial charge in [0.2, 0.25) is 0 Å². The number of hydrogen-bond acceptors (Lipinski definition) is 3. The summed E-state index contributed by atoms with van der Waals surface area (Å²) < 4.78 is 18.0. The van der Waals surface area contributed by atoms with E-state index in [4.69, 9.17) is 13.3 Å². The summed E-state index contributed by atoms with van der Waals surface area (Å²) in [4.78, 5) is 0. The molecule has 0 N–H and O–H groups in total. The van der Waals surface area contributed by atoms with Gasteiger partial charge in [-0.1, -0.05) is 32.6 Å². The molecule has 0 aliphatic carbocycles. The van der Waals surface area contributed by atoms with E-state index in [9.17, 15) is 0 Å². The predicted octanol–water partition coefficient (Wildman–Crippen LogP) is 4.23. The maximum absolute atomic E-state index is 5.56. The van der Waals surface area contributed by atoms with Crippen LogP contribution in [0.1, 0.15) is 64.7 Å². The first-order valence-corrected chi connectivity index (χ1v) is 11.6. The molecule has 138 valence electrons. The lowest BCUT2D eigenvalue weighted by atomic mass is 10.1. The average molecular weight is 347 g/mol. The molecule has 4 nitrogen and oxygen atoms in total. The molecule has 0 unspecified atom stereocenters. The molecule has 1 rings (SSSR count). The monoisotopic (exact) mass is 346 g/mol. The minimum atomic E-state index is -2.39. The van der Waals surface area contributed by atoms with Crippen molar-refractivity contribution in [3.63, 3.8) is 0 Å². The van der Waals surface area contributed by atoms with Crippen LogP contribution in [0.2, 0.25) is 6.04 Å². The Morgan fingerprint density at radius 3 is 1.83 bits per heavy atom. The lowest BCUT2D eigenvalue weighted by Crippen LogP contribution is -2.48. The van der Waals surface area contributed by atoms with E-state index in [2.05, 4.69) is 6.92 Å². The van der Waals surface area contributed by atoms with E-state index >= 15 is 0 Å². The van der Waals surface area contributed by atoms with Crippen molar-refractivity contribution in [2.75, 3.05) is 47.5 Å². The van der Waals surface area contributed by atoms with Gasteiger partial charge in [-0.25, -0.2) is 0 Å². The highest BCUT2D eigenvalue weighted by molar-refractivity contribution is 6.60. The van der Waals surface area contributed by atoms with E-state index in [1.165, 1.54) is 82.0 Å². The normalized spacial score (nSPS) is 17.7. The summed E-state index contributed by atoms with van der Waals surface area (Å²) in [6.07, 6.45) is 12.3. The zero-order valence-electron chi connectivity index (χ0n) is 16.1. The van der Waals surface area contributed by atoms with Crippen molar-refractivity contribution in [1.29, 1.82) is 0 Å². The van der Waals surface area contributed by atoms with Crippen LogP contribution in [0.5, 0.6) is 0 Å². The number of quaternary nitrogens is 1. The van der Waals surface area contributed by atoms with Crippen molar-refractivity contribution in [1.82, 2.24) is 0 Å². The van der Waals surface area contributed by atoms with Crippen molar-refractivity contribution in [2.24, 2.45) is 0 Å². The van der Waals surface area contributed by atoms with Crippen molar-refractivity contribution < 1.29 is 17.8 Å². The average Bonchev–Trinajstić information content (AvgIpc) is 3.04. The highest BCUT2D eigenvalue weighted by atomic mass is 28.4. The standard InChI is InChI=1S/C18H40NO3Si/c1-5-6-7-8-9-10-14-19(15-11-12-16-19)17-13-18-23(20-2,21-3)22-4/h5-18H2,1-4H3/q+1. The summed E-state index contributed by atoms with van der Waals surface area (Å²) in [5.41, 5.74) is 0. The molecule has 0 aromatic heterocycles. The molecule has 0 saturated carbocycles. The van der Waals surface area contributed by atoms with Crippen LogP contribution in [0, 0.1) is 0 Å². The van der Waals surface area contributed by atoms with Gasteiger partial charge in [0.25, 0.3) is 0 Å². The van der Waals surface area contributed by atoms with Gasteiger partial charge >= 0.3 is 8.80 Å². The Morgan fingerprint density at radius 2 is 1.26 bits per heavy atom. The molecule has 1 heterocycles. The fraction of sp³-hybridized carbons (Fsp3) is 1.00. The minimum absolute atomic E-state index is 0.938. The van der Waals surface area contributed by atoms with Gasteiger partial charge in [-0.05, 0) is 12.8 Å². The van der Waals surface area contributed by atoms with Crippen LogP contribution in [0.15, 0.2) is 0 Å². The van der Waals surface area contributed by atoms with E-state index in [0.29, 0.717) is 0 Å². The van der Waals surface area contributed by atoms with Crippen molar-refractivity contribution in [3.8, 4) is 0 Å². The molecule has 1 fully saturated rings. The van der Waals surface area contributed by atoms with E-state index in [1.807, 2.05) is 0 Å². The molecule has 0 amide bonds. The molecule has 1 saturated heterocycles. The third-order valence-corrected chi connectivity index (χ3v) is 8.38. The number of rotatable bonds is 14. The smallest absolute Gasteiger partial charge is 0.377 e. The second-order valence-corrected chi connectivity index (χ2v) is 10.2. The molecule has 23 heavy (non-hydrogen) atoms. The minimum Gasteiger partial charge on any atom is -0.377 e. The number of likely N-dealkylation sites (tertiary alicyclic amines) is 1. The molecule has 0 radical (unpaired) electrons. The SMILES string of the molecule is CCCCCCCC[N+]1(CCC[Si](OC)(OC)OC)CCCC1. The predicted molar refractivity (Wildman–Crippen MR) is 98.5 cm³/mol. The number of hydrogen-bond donors (Lipinski definition) is 0. The molecule has 0 spiro atoms. The van der Waals surface area contributed by atoms with Crippen LogP contribution < -0.4 is 0 Å². The summed E-state index contributed by atoms with van der Waals surface area (Å²) in [7, 11) is 2.77. The van der Waals surface area contributed by atoms with Crippen molar-refractivity contribution >= 4 is 8.80 Å². The largest absolute Gasteiger partial charge is 0.500 e. The summed E-state index contributed by atoms with van der Waals surface area (Å²) in [6.45, 7) is 7.66. The maximum atomic E-state index is 5.56. The Hall–Kier alpha value is 0.0569. The molecule has 1 aliphatic rings. The third-order valence-electron chi connectivity index (χ3n) is 5.55. The van der Waals surface area contributed by atoms with Gasteiger partial charge in [-0.3, -0.25) is 0 Å². The summed E-state index contributed by atoms with van der Waals surface area (Å²) in [5.74, 6) is 0. The Bertz CT molecular complexity index is 284. The fourth-order valence-corrected chi connectivity index (χ4v) is 5.68. The van der Waals surface area contributed by atoms with Crippen LogP contribution in [0.3, 0.4) is 0 Å². The van der Waals surface area contributed by atoms with Gasteiger partial charge in [-0.15, -0.1) is 0 Å². The van der Waals surface area contributed by atoms with Crippen LogP contribution >= 0.6 is 0 Å². The first-order chi connectivity index (χ1) is 11.2. The molecule has 5 heteroatoms. The van der Waals surface area contributed by atoms with Crippen LogP contribution in [-0.4, -0.2) is 60.8 Å². The van der Waals surface area contributed by atoms with Gasteiger partial charge < -0.3 is 17.8 Å². The molecule has 0 atom stereocenters. The molecular weight excluding hydrogens is 306 g/mol. The highest BCUT2D eigenvalue weighted by Gasteiger charge is 2.39. The van der Waals surface area contributed by atoms with E-state index in [0.717, 1.165) is 12.5 Å². The van der Waals surface area contributed by atoms with Crippen LogP contribution in [-0.2, 0) is 13.3 Å². The first-order valence-electron chi connectivity index (χ1n) is 9.66. The molecule has 0 bridgehead atoms. The van der Waals surface area contributed by atoms with Gasteiger partial charge in [0.1, 0.15) is 0 Å². The summed E-state index contributed by atoms with van der Waals surface area (Å²) in [6, 6.07) is 0.938. The molecule has 0 aromatic rings. The second-order valence-electron chi connectivity index (χ2n) is 7.11. The summed E-state index contributed by atoms with van der Waals surface area (Å²) >= 11 is 0. The number of unbranched alkanes of at least 4 members (excludes halogenated alkanes) is 5. The van der Waals surface area contributed by atoms with Crippen LogP contribution in [0.25, 0.3) is 0 Å². The van der Waals surface area contributed by atoms with Crippen LogP contribution in [0.4, 0.5) is 0 Å². The van der Waals surface area contributed by atoms with Crippen molar-refractivity contribution in [3.05, 3.63) is 0 Å². The Labute approximate surface area is 145 Å². The van der Waals surface area contributed by atoms with Gasteiger partial charge in [0.05, 0.1) is 26.2 Å². The zero-order chi connectivity index (χ0) is 17.0. The maximum Gasteiger partial charge on any atom is 0.500 e. The van der Waals surface area contributed by atoms with E-state index < -0.39 is 8.80 Å². The van der Waals surface area contributed by atoms with Crippen molar-refractivity contribution in [2.45, 2.75) is 70.8 Å². The zero-order valence-corrected chi connectivity index (χ0v) is 17.1. The Kier molecular flexibility index (Phi) is 10.6. The van der Waals surface area contributed by atoms with Gasteiger partial charge in [-0.2, -0.15) is 0 Å². The lowest BCUT2D eigenvalue weighted by molar-refractivity contribution is -0.917. The lowest BCUT2D eigenvalue weighted by Gasteiger charge is -2.35. The quantitative estimate of drug-likeness (QED) is 0.268. The number of nitrogens with zero attached hydrogens (tertiary/aromatic N) is 1. The summed E-state index contributed by atoms with van der Waals surface area (Å²) in [5, 5.41) is 0. The molecule has 0 aromatic carbocycles. The fourth-order valence-electron chi connectivity index (χ4n) is 3.98. The Balaban J connectivity index is 2.33.